The van der Waals surface area contributed by atoms with E-state index in [1.54, 1.807) is 0 Å². The number of hydrogen-bond donors (Lipinski definition) is 2. The lowest BCUT2D eigenvalue weighted by Crippen LogP contribution is -2.57. The lowest BCUT2D eigenvalue weighted by molar-refractivity contribution is -0.128. The van der Waals surface area contributed by atoms with Crippen molar-refractivity contribution in [1.82, 2.24) is 15.5 Å². The Balaban J connectivity index is 1.70. The summed E-state index contributed by atoms with van der Waals surface area (Å²) in [5, 5.41) is 6.45. The molecular weight excluding hydrogens is 226 g/mol. The van der Waals surface area contributed by atoms with E-state index in [0.717, 1.165) is 45.1 Å². The standard InChI is InChI=1S/C14H27N3O/c1-3-17(12-6-7-12)11-10-15-13(18)14(2)8-4-5-9-16-14/h12,16H,3-11H2,1-2H3,(H,15,18). The van der Waals surface area contributed by atoms with Gasteiger partial charge in [-0.2, -0.15) is 0 Å². The smallest absolute Gasteiger partial charge is 0.240 e. The third-order valence-corrected chi connectivity index (χ3v) is 4.27. The normalized spacial score (nSPS) is 28.4. The first kappa shape index (κ1) is 13.8. The van der Waals surface area contributed by atoms with Crippen molar-refractivity contribution in [2.45, 2.75) is 57.5 Å². The molecule has 0 spiro atoms. The van der Waals surface area contributed by atoms with Crippen LogP contribution < -0.4 is 10.6 Å². The molecule has 2 aliphatic rings. The summed E-state index contributed by atoms with van der Waals surface area (Å²) >= 11 is 0. The van der Waals surface area contributed by atoms with Crippen LogP contribution in [0.4, 0.5) is 0 Å². The van der Waals surface area contributed by atoms with Crippen molar-refractivity contribution in [3.05, 3.63) is 0 Å². The molecule has 4 nitrogen and oxygen atoms in total. The second-order valence-corrected chi connectivity index (χ2v) is 5.83. The van der Waals surface area contributed by atoms with Crippen LogP contribution in [0.1, 0.15) is 46.0 Å². The molecule has 1 saturated heterocycles. The molecule has 1 aliphatic heterocycles. The Hall–Kier alpha value is -0.610. The maximum Gasteiger partial charge on any atom is 0.240 e. The van der Waals surface area contributed by atoms with Crippen LogP contribution in [0.5, 0.6) is 0 Å². The summed E-state index contributed by atoms with van der Waals surface area (Å²) in [6.45, 7) is 8.05. The van der Waals surface area contributed by atoms with E-state index in [9.17, 15) is 4.79 Å². The van der Waals surface area contributed by atoms with Gasteiger partial charge in [0.15, 0.2) is 0 Å². The molecular formula is C14H27N3O. The average Bonchev–Trinajstić information content (AvgIpc) is 3.19. The summed E-state index contributed by atoms with van der Waals surface area (Å²) in [6, 6.07) is 0.787. The van der Waals surface area contributed by atoms with Crippen molar-refractivity contribution in [2.75, 3.05) is 26.2 Å². The van der Waals surface area contributed by atoms with Gasteiger partial charge in [0.1, 0.15) is 0 Å². The SMILES string of the molecule is CCN(CCNC(=O)C1(C)CCCCN1)C1CC1. The summed E-state index contributed by atoms with van der Waals surface area (Å²) in [5.41, 5.74) is -0.338. The Bertz CT molecular complexity index is 283. The van der Waals surface area contributed by atoms with E-state index in [1.165, 1.54) is 19.3 Å². The van der Waals surface area contributed by atoms with Crippen LogP contribution in [-0.4, -0.2) is 48.6 Å². The second kappa shape index (κ2) is 6.02. The van der Waals surface area contributed by atoms with Gasteiger partial charge in [-0.15, -0.1) is 0 Å². The van der Waals surface area contributed by atoms with Crippen LogP contribution in [0.25, 0.3) is 0 Å². The molecule has 0 radical (unpaired) electrons. The third-order valence-electron chi connectivity index (χ3n) is 4.27. The molecule has 0 aromatic heterocycles. The predicted molar refractivity (Wildman–Crippen MR) is 73.5 cm³/mol. The molecule has 1 amide bonds. The first-order chi connectivity index (χ1) is 8.65. The van der Waals surface area contributed by atoms with Crippen LogP contribution >= 0.6 is 0 Å². The van der Waals surface area contributed by atoms with Crippen LogP contribution in [0, 0.1) is 0 Å². The molecule has 1 saturated carbocycles. The highest BCUT2D eigenvalue weighted by molar-refractivity contribution is 5.85. The van der Waals surface area contributed by atoms with E-state index in [2.05, 4.69) is 22.5 Å². The van der Waals surface area contributed by atoms with Gasteiger partial charge < -0.3 is 10.6 Å². The minimum Gasteiger partial charge on any atom is -0.353 e. The molecule has 2 N–H and O–H groups in total. The second-order valence-electron chi connectivity index (χ2n) is 5.83. The van der Waals surface area contributed by atoms with E-state index in [0.29, 0.717) is 0 Å². The van der Waals surface area contributed by atoms with E-state index >= 15 is 0 Å². The van der Waals surface area contributed by atoms with E-state index in [4.69, 9.17) is 0 Å². The largest absolute Gasteiger partial charge is 0.353 e. The third kappa shape index (κ3) is 3.45. The maximum absolute atomic E-state index is 12.2. The van der Waals surface area contributed by atoms with Crippen molar-refractivity contribution in [3.8, 4) is 0 Å². The number of carbonyl (C=O) groups excluding carboxylic acids is 1. The Morgan fingerprint density at radius 1 is 1.44 bits per heavy atom. The zero-order valence-corrected chi connectivity index (χ0v) is 11.8. The molecule has 18 heavy (non-hydrogen) atoms. The van der Waals surface area contributed by atoms with Gasteiger partial charge in [0.05, 0.1) is 5.54 Å². The van der Waals surface area contributed by atoms with E-state index in [-0.39, 0.29) is 11.4 Å². The van der Waals surface area contributed by atoms with Gasteiger partial charge >= 0.3 is 0 Å². The van der Waals surface area contributed by atoms with Crippen molar-refractivity contribution in [2.24, 2.45) is 0 Å². The van der Waals surface area contributed by atoms with Gasteiger partial charge in [-0.1, -0.05) is 6.92 Å². The lowest BCUT2D eigenvalue weighted by atomic mass is 9.90. The molecule has 2 fully saturated rings. The number of amides is 1. The minimum absolute atomic E-state index is 0.175. The highest BCUT2D eigenvalue weighted by Gasteiger charge is 2.34. The first-order valence-corrected chi connectivity index (χ1v) is 7.43. The number of rotatable bonds is 6. The van der Waals surface area contributed by atoms with Crippen LogP contribution in [0.3, 0.4) is 0 Å². The Kier molecular flexibility index (Phi) is 4.62. The van der Waals surface area contributed by atoms with Gasteiger partial charge in [-0.05, 0) is 52.1 Å². The van der Waals surface area contributed by atoms with Crippen LogP contribution in [0.15, 0.2) is 0 Å². The summed E-state index contributed by atoms with van der Waals surface area (Å²) in [4.78, 5) is 14.7. The number of carbonyl (C=O) groups is 1. The topological polar surface area (TPSA) is 44.4 Å². The van der Waals surface area contributed by atoms with E-state index in [1.807, 2.05) is 6.92 Å². The van der Waals surface area contributed by atoms with Crippen molar-refractivity contribution in [3.63, 3.8) is 0 Å². The first-order valence-electron chi connectivity index (χ1n) is 7.43. The predicted octanol–water partition coefficient (Wildman–Crippen LogP) is 1.12. The number of hydrogen-bond acceptors (Lipinski definition) is 3. The fourth-order valence-corrected chi connectivity index (χ4v) is 2.80. The van der Waals surface area contributed by atoms with Crippen molar-refractivity contribution in [1.29, 1.82) is 0 Å². The number of nitrogens with one attached hydrogen (secondary N) is 2. The van der Waals surface area contributed by atoms with Gasteiger partial charge in [0.2, 0.25) is 5.91 Å². The number of piperidine rings is 1. The van der Waals surface area contributed by atoms with Crippen LogP contribution in [0.2, 0.25) is 0 Å². The molecule has 0 aromatic rings. The average molecular weight is 253 g/mol. The van der Waals surface area contributed by atoms with Gasteiger partial charge in [-0.25, -0.2) is 0 Å². The quantitative estimate of drug-likeness (QED) is 0.745. The number of nitrogens with zero attached hydrogens (tertiary/aromatic N) is 1. The maximum atomic E-state index is 12.2. The highest BCUT2D eigenvalue weighted by Crippen LogP contribution is 2.25. The molecule has 1 heterocycles. The number of likely N-dealkylation sites (N-methyl/N-ethyl adjacent to an activating group) is 1. The monoisotopic (exact) mass is 253 g/mol. The molecule has 1 atom stereocenters. The molecule has 2 rings (SSSR count). The highest BCUT2D eigenvalue weighted by atomic mass is 16.2. The molecule has 104 valence electrons. The zero-order chi connectivity index (χ0) is 13.0. The van der Waals surface area contributed by atoms with Crippen molar-refractivity contribution >= 4 is 5.91 Å². The molecule has 1 unspecified atom stereocenters. The molecule has 0 bridgehead atoms. The lowest BCUT2D eigenvalue weighted by Gasteiger charge is -2.33. The summed E-state index contributed by atoms with van der Waals surface area (Å²) in [6.07, 6.45) is 5.97. The zero-order valence-electron chi connectivity index (χ0n) is 11.8. The summed E-state index contributed by atoms with van der Waals surface area (Å²) in [5.74, 6) is 0.175. The Morgan fingerprint density at radius 2 is 2.22 bits per heavy atom. The van der Waals surface area contributed by atoms with Gasteiger partial charge in [0.25, 0.3) is 0 Å². The van der Waals surface area contributed by atoms with Gasteiger partial charge in [0, 0.05) is 19.1 Å². The molecule has 0 aromatic carbocycles. The van der Waals surface area contributed by atoms with Crippen molar-refractivity contribution < 1.29 is 4.79 Å². The summed E-state index contributed by atoms with van der Waals surface area (Å²) in [7, 11) is 0. The molecule has 1 aliphatic carbocycles. The fourth-order valence-electron chi connectivity index (χ4n) is 2.80. The fraction of sp³-hybridized carbons (Fsp3) is 0.929. The minimum atomic E-state index is -0.338. The Morgan fingerprint density at radius 3 is 2.78 bits per heavy atom. The van der Waals surface area contributed by atoms with Gasteiger partial charge in [-0.3, -0.25) is 9.69 Å². The Labute approximate surface area is 110 Å². The molecule has 4 heteroatoms. The van der Waals surface area contributed by atoms with E-state index < -0.39 is 0 Å². The van der Waals surface area contributed by atoms with Crippen LogP contribution in [-0.2, 0) is 4.79 Å². The summed E-state index contributed by atoms with van der Waals surface area (Å²) < 4.78 is 0.